The van der Waals surface area contributed by atoms with Crippen molar-refractivity contribution in [3.63, 3.8) is 0 Å². The number of nitrogens with zero attached hydrogens (tertiary/aromatic N) is 2. The third-order valence-electron chi connectivity index (χ3n) is 5.23. The van der Waals surface area contributed by atoms with Gasteiger partial charge in [-0.3, -0.25) is 9.59 Å². The highest BCUT2D eigenvalue weighted by Gasteiger charge is 2.35. The van der Waals surface area contributed by atoms with Gasteiger partial charge >= 0.3 is 0 Å². The molecule has 0 saturated carbocycles. The lowest BCUT2D eigenvalue weighted by Gasteiger charge is -2.25. The van der Waals surface area contributed by atoms with E-state index in [-0.39, 0.29) is 18.9 Å². The molecule has 32 heavy (non-hydrogen) atoms. The lowest BCUT2D eigenvalue weighted by atomic mass is 10.0. The molecule has 1 atom stereocenters. The third-order valence-corrected chi connectivity index (χ3v) is 5.23. The number of carbonyl (C=O) groups is 2. The molecule has 166 valence electrons. The number of hydrogen-bond donors (Lipinski definition) is 2. The first-order valence-electron chi connectivity index (χ1n) is 10.0. The van der Waals surface area contributed by atoms with Gasteiger partial charge in [0.05, 0.1) is 38.6 Å². The molecule has 0 aliphatic carbocycles. The molecule has 2 N–H and O–H groups in total. The van der Waals surface area contributed by atoms with Crippen LogP contribution in [0.3, 0.4) is 0 Å². The first-order chi connectivity index (χ1) is 15.5. The molecule has 0 saturated heterocycles. The zero-order valence-corrected chi connectivity index (χ0v) is 18.0. The molecular formula is C23H24N4O5. The number of amides is 2. The Morgan fingerprint density at radius 2 is 1.94 bits per heavy atom. The minimum absolute atomic E-state index is 0.0482. The summed E-state index contributed by atoms with van der Waals surface area (Å²) >= 11 is 0. The second-order valence-electron chi connectivity index (χ2n) is 7.24. The smallest absolute Gasteiger partial charge is 0.249 e. The molecule has 2 amide bonds. The standard InChI is InChI=1S/C23H24N4O5/c1-30-13-17-21(14-7-5-4-6-8-14)22-25-20(28)12-18(27(22)26-17)23(29)24-16-11-15(31-2)9-10-19(16)32-3/h4-11,18H,12-13H2,1-3H3,(H,24,29)(H,25,28)/t18-/m0/s1. The Labute approximate surface area is 185 Å². The van der Waals surface area contributed by atoms with E-state index < -0.39 is 11.9 Å². The van der Waals surface area contributed by atoms with Crippen LogP contribution in [-0.4, -0.2) is 42.9 Å². The maximum Gasteiger partial charge on any atom is 0.249 e. The van der Waals surface area contributed by atoms with Gasteiger partial charge in [-0.15, -0.1) is 0 Å². The van der Waals surface area contributed by atoms with Gasteiger partial charge in [-0.25, -0.2) is 4.68 Å². The van der Waals surface area contributed by atoms with Crippen LogP contribution in [0.5, 0.6) is 11.5 Å². The molecule has 4 rings (SSSR count). The Hall–Kier alpha value is -3.85. The number of nitrogens with one attached hydrogen (secondary N) is 2. The molecule has 1 aromatic heterocycles. The average Bonchev–Trinajstić information content (AvgIpc) is 3.16. The molecule has 2 aromatic carbocycles. The lowest BCUT2D eigenvalue weighted by Crippen LogP contribution is -2.36. The van der Waals surface area contributed by atoms with Gasteiger partial charge in [0.2, 0.25) is 11.8 Å². The predicted octanol–water partition coefficient (Wildman–Crippen LogP) is 3.24. The highest BCUT2D eigenvalue weighted by atomic mass is 16.5. The minimum atomic E-state index is -0.845. The summed E-state index contributed by atoms with van der Waals surface area (Å²) < 4.78 is 17.5. The average molecular weight is 436 g/mol. The third kappa shape index (κ3) is 4.02. The van der Waals surface area contributed by atoms with Crippen molar-refractivity contribution in [3.8, 4) is 22.6 Å². The minimum Gasteiger partial charge on any atom is -0.497 e. The Morgan fingerprint density at radius 3 is 2.62 bits per heavy atom. The van der Waals surface area contributed by atoms with Gasteiger partial charge in [0.15, 0.2) is 0 Å². The van der Waals surface area contributed by atoms with Crippen LogP contribution >= 0.6 is 0 Å². The Kier molecular flexibility index (Phi) is 6.09. The fourth-order valence-electron chi connectivity index (χ4n) is 3.75. The maximum atomic E-state index is 13.3. The summed E-state index contributed by atoms with van der Waals surface area (Å²) in [5.74, 6) is 0.855. The Bertz CT molecular complexity index is 1140. The summed E-state index contributed by atoms with van der Waals surface area (Å²) in [6, 6.07) is 13.8. The van der Waals surface area contributed by atoms with Crippen molar-refractivity contribution in [2.45, 2.75) is 19.1 Å². The van der Waals surface area contributed by atoms with Gasteiger partial charge in [-0.2, -0.15) is 5.10 Å². The number of anilines is 2. The van der Waals surface area contributed by atoms with Crippen LogP contribution < -0.4 is 20.1 Å². The molecule has 3 aromatic rings. The number of hydrogen-bond acceptors (Lipinski definition) is 6. The van der Waals surface area contributed by atoms with Crippen LogP contribution in [0.1, 0.15) is 18.2 Å². The van der Waals surface area contributed by atoms with Crippen molar-refractivity contribution in [2.75, 3.05) is 32.0 Å². The zero-order chi connectivity index (χ0) is 22.7. The Balaban J connectivity index is 1.74. The van der Waals surface area contributed by atoms with Crippen molar-refractivity contribution in [1.82, 2.24) is 9.78 Å². The number of methoxy groups -OCH3 is 3. The second-order valence-corrected chi connectivity index (χ2v) is 7.24. The number of aromatic nitrogens is 2. The SMILES string of the molecule is COCc1nn2c(c1-c1ccccc1)NC(=O)C[C@H]2C(=O)Nc1cc(OC)ccc1OC. The molecule has 1 aliphatic rings. The summed E-state index contributed by atoms with van der Waals surface area (Å²) in [6.45, 7) is 0.234. The summed E-state index contributed by atoms with van der Waals surface area (Å²) in [5, 5.41) is 10.4. The molecule has 1 aliphatic heterocycles. The van der Waals surface area contributed by atoms with E-state index in [9.17, 15) is 9.59 Å². The lowest BCUT2D eigenvalue weighted by molar-refractivity contribution is -0.125. The van der Waals surface area contributed by atoms with E-state index in [4.69, 9.17) is 14.2 Å². The van der Waals surface area contributed by atoms with Crippen molar-refractivity contribution in [1.29, 1.82) is 0 Å². The Morgan fingerprint density at radius 1 is 1.16 bits per heavy atom. The van der Waals surface area contributed by atoms with E-state index in [0.29, 0.717) is 28.7 Å². The molecule has 9 heteroatoms. The largest absolute Gasteiger partial charge is 0.497 e. The molecule has 2 heterocycles. The van der Waals surface area contributed by atoms with Gasteiger partial charge in [0.1, 0.15) is 23.4 Å². The summed E-state index contributed by atoms with van der Waals surface area (Å²) in [7, 11) is 4.63. The van der Waals surface area contributed by atoms with Crippen LogP contribution in [0.4, 0.5) is 11.5 Å². The normalized spacial score (nSPS) is 15.0. The van der Waals surface area contributed by atoms with Crippen molar-refractivity contribution in [2.24, 2.45) is 0 Å². The van der Waals surface area contributed by atoms with Gasteiger partial charge in [0.25, 0.3) is 0 Å². The summed E-state index contributed by atoms with van der Waals surface area (Å²) in [5.41, 5.74) is 2.68. The van der Waals surface area contributed by atoms with Crippen molar-refractivity contribution in [3.05, 3.63) is 54.2 Å². The number of benzene rings is 2. The van der Waals surface area contributed by atoms with E-state index in [1.54, 1.807) is 30.0 Å². The number of carbonyl (C=O) groups excluding carboxylic acids is 2. The van der Waals surface area contributed by atoms with E-state index in [2.05, 4.69) is 15.7 Å². The predicted molar refractivity (Wildman–Crippen MR) is 119 cm³/mol. The fourth-order valence-corrected chi connectivity index (χ4v) is 3.75. The van der Waals surface area contributed by atoms with Gasteiger partial charge in [-0.1, -0.05) is 30.3 Å². The van der Waals surface area contributed by atoms with Crippen molar-refractivity contribution >= 4 is 23.3 Å². The maximum absolute atomic E-state index is 13.3. The quantitative estimate of drug-likeness (QED) is 0.589. The first kappa shape index (κ1) is 21.4. The number of ether oxygens (including phenoxy) is 3. The molecular weight excluding hydrogens is 412 g/mol. The van der Waals surface area contributed by atoms with E-state index in [1.807, 2.05) is 30.3 Å². The molecule has 9 nitrogen and oxygen atoms in total. The van der Waals surface area contributed by atoms with Crippen LogP contribution in [0.15, 0.2) is 48.5 Å². The highest BCUT2D eigenvalue weighted by molar-refractivity contribution is 6.04. The molecule has 0 unspecified atom stereocenters. The summed E-state index contributed by atoms with van der Waals surface area (Å²) in [4.78, 5) is 25.8. The van der Waals surface area contributed by atoms with Gasteiger partial charge in [0, 0.05) is 18.7 Å². The molecule has 0 fully saturated rings. The second kappa shape index (κ2) is 9.11. The van der Waals surface area contributed by atoms with E-state index in [0.717, 1.165) is 11.1 Å². The summed E-state index contributed by atoms with van der Waals surface area (Å²) in [6.07, 6.45) is -0.0482. The number of fused-ring (bicyclic) bond motifs is 1. The topological polar surface area (TPSA) is 104 Å². The van der Waals surface area contributed by atoms with Crippen LogP contribution in [0, 0.1) is 0 Å². The van der Waals surface area contributed by atoms with Gasteiger partial charge < -0.3 is 24.8 Å². The molecule has 0 spiro atoms. The van der Waals surface area contributed by atoms with Crippen molar-refractivity contribution < 1.29 is 23.8 Å². The van der Waals surface area contributed by atoms with E-state index in [1.165, 1.54) is 14.2 Å². The zero-order valence-electron chi connectivity index (χ0n) is 18.0. The van der Waals surface area contributed by atoms with Gasteiger partial charge in [-0.05, 0) is 17.7 Å². The van der Waals surface area contributed by atoms with Crippen LogP contribution in [-0.2, 0) is 20.9 Å². The van der Waals surface area contributed by atoms with Crippen LogP contribution in [0.25, 0.3) is 11.1 Å². The first-order valence-corrected chi connectivity index (χ1v) is 10.0. The van der Waals surface area contributed by atoms with E-state index >= 15 is 0 Å². The number of rotatable bonds is 7. The van der Waals surface area contributed by atoms with Crippen LogP contribution in [0.2, 0.25) is 0 Å². The fraction of sp³-hybridized carbons (Fsp3) is 0.261. The highest BCUT2D eigenvalue weighted by Crippen LogP contribution is 2.38. The molecule has 0 radical (unpaired) electrons. The molecule has 0 bridgehead atoms. The monoisotopic (exact) mass is 436 g/mol.